The van der Waals surface area contributed by atoms with E-state index in [2.05, 4.69) is 10.6 Å². The Morgan fingerprint density at radius 2 is 1.57 bits per heavy atom. The number of anilines is 3. The summed E-state index contributed by atoms with van der Waals surface area (Å²) >= 11 is 0. The summed E-state index contributed by atoms with van der Waals surface area (Å²) < 4.78 is 5.56. The minimum Gasteiger partial charge on any atom is -0.490 e. The van der Waals surface area contributed by atoms with Crippen molar-refractivity contribution in [3.63, 3.8) is 0 Å². The molecule has 30 heavy (non-hydrogen) atoms. The number of hydrogen-bond acceptors (Lipinski definition) is 4. The first-order chi connectivity index (χ1) is 14.4. The van der Waals surface area contributed by atoms with Crippen LogP contribution in [-0.2, 0) is 14.4 Å². The monoisotopic (exact) mass is 409 g/mol. The predicted molar refractivity (Wildman–Crippen MR) is 117 cm³/mol. The maximum Gasteiger partial charge on any atom is 0.227 e. The average molecular weight is 409 g/mol. The van der Waals surface area contributed by atoms with E-state index in [0.717, 1.165) is 5.69 Å². The van der Waals surface area contributed by atoms with E-state index < -0.39 is 0 Å². The molecule has 0 saturated carbocycles. The molecule has 0 saturated heterocycles. The molecule has 2 N–H and O–H groups in total. The second-order valence-corrected chi connectivity index (χ2v) is 7.63. The zero-order valence-electron chi connectivity index (χ0n) is 17.3. The highest BCUT2D eigenvalue weighted by Gasteiger charge is 2.23. The highest BCUT2D eigenvalue weighted by Crippen LogP contribution is 2.31. The van der Waals surface area contributed by atoms with Crippen LogP contribution in [-0.4, -0.2) is 30.9 Å². The number of para-hydroxylation sites is 2. The third-order valence-corrected chi connectivity index (χ3v) is 4.64. The normalized spacial score (nSPS) is 12.7. The van der Waals surface area contributed by atoms with Crippen LogP contribution in [0.5, 0.6) is 5.75 Å². The topological polar surface area (TPSA) is 87.7 Å². The Labute approximate surface area is 176 Å². The first-order valence-electron chi connectivity index (χ1n) is 10.1. The lowest BCUT2D eigenvalue weighted by molar-refractivity contribution is -0.122. The summed E-state index contributed by atoms with van der Waals surface area (Å²) in [6, 6.07) is 14.3. The number of rotatable bonds is 7. The Hall–Kier alpha value is -3.35. The van der Waals surface area contributed by atoms with Gasteiger partial charge in [0.2, 0.25) is 17.7 Å². The summed E-state index contributed by atoms with van der Waals surface area (Å²) in [6.45, 7) is 4.89. The van der Waals surface area contributed by atoms with Crippen LogP contribution in [0.25, 0.3) is 0 Å². The molecule has 1 aliphatic heterocycles. The number of benzene rings is 2. The SMILES string of the molecule is CC(C)CC(=O)Nc1ccc(NC(=O)CCC(=O)N2CCOc3ccccc32)cc1. The number of carbonyl (C=O) groups excluding carboxylic acids is 3. The van der Waals surface area contributed by atoms with Crippen LogP contribution >= 0.6 is 0 Å². The largest absolute Gasteiger partial charge is 0.490 e. The van der Waals surface area contributed by atoms with E-state index in [4.69, 9.17) is 4.74 Å². The fourth-order valence-corrected chi connectivity index (χ4v) is 3.23. The molecule has 0 radical (unpaired) electrons. The van der Waals surface area contributed by atoms with Crippen molar-refractivity contribution in [2.45, 2.75) is 33.1 Å². The lowest BCUT2D eigenvalue weighted by Crippen LogP contribution is -2.38. The number of amides is 3. The van der Waals surface area contributed by atoms with Crippen LogP contribution in [0.3, 0.4) is 0 Å². The van der Waals surface area contributed by atoms with Gasteiger partial charge in [-0.2, -0.15) is 0 Å². The van der Waals surface area contributed by atoms with Gasteiger partial charge >= 0.3 is 0 Å². The second-order valence-electron chi connectivity index (χ2n) is 7.63. The fourth-order valence-electron chi connectivity index (χ4n) is 3.23. The molecule has 3 amide bonds. The molecule has 0 aromatic heterocycles. The molecule has 0 unspecified atom stereocenters. The summed E-state index contributed by atoms with van der Waals surface area (Å²) in [7, 11) is 0. The van der Waals surface area contributed by atoms with Gasteiger partial charge in [-0.3, -0.25) is 14.4 Å². The number of fused-ring (bicyclic) bond motifs is 1. The Bertz CT molecular complexity index is 909. The van der Waals surface area contributed by atoms with Crippen molar-refractivity contribution < 1.29 is 19.1 Å². The van der Waals surface area contributed by atoms with Crippen molar-refractivity contribution in [2.24, 2.45) is 5.92 Å². The van der Waals surface area contributed by atoms with E-state index in [0.29, 0.717) is 36.7 Å². The van der Waals surface area contributed by atoms with Crippen molar-refractivity contribution in [3.05, 3.63) is 48.5 Å². The zero-order valence-corrected chi connectivity index (χ0v) is 17.3. The predicted octanol–water partition coefficient (Wildman–Crippen LogP) is 3.82. The van der Waals surface area contributed by atoms with E-state index in [9.17, 15) is 14.4 Å². The molecule has 3 rings (SSSR count). The van der Waals surface area contributed by atoms with Crippen LogP contribution < -0.4 is 20.3 Å². The Morgan fingerprint density at radius 3 is 2.23 bits per heavy atom. The molecule has 0 aliphatic carbocycles. The molecule has 7 heteroatoms. The lowest BCUT2D eigenvalue weighted by atomic mass is 10.1. The third-order valence-electron chi connectivity index (χ3n) is 4.64. The average Bonchev–Trinajstić information content (AvgIpc) is 2.72. The van der Waals surface area contributed by atoms with Gasteiger partial charge < -0.3 is 20.3 Å². The van der Waals surface area contributed by atoms with Crippen molar-refractivity contribution in [1.29, 1.82) is 0 Å². The Kier molecular flexibility index (Phi) is 7.06. The number of nitrogens with one attached hydrogen (secondary N) is 2. The molecule has 0 spiro atoms. The molecule has 7 nitrogen and oxygen atoms in total. The van der Waals surface area contributed by atoms with Crippen LogP contribution in [0.1, 0.15) is 33.1 Å². The molecule has 1 heterocycles. The van der Waals surface area contributed by atoms with Gasteiger partial charge in [0.1, 0.15) is 12.4 Å². The van der Waals surface area contributed by atoms with Gasteiger partial charge in [0.25, 0.3) is 0 Å². The number of carbonyl (C=O) groups is 3. The quantitative estimate of drug-likeness (QED) is 0.728. The van der Waals surface area contributed by atoms with Gasteiger partial charge in [-0.15, -0.1) is 0 Å². The molecule has 0 bridgehead atoms. The molecule has 2 aromatic rings. The molecule has 2 aromatic carbocycles. The lowest BCUT2D eigenvalue weighted by Gasteiger charge is -2.29. The molecular weight excluding hydrogens is 382 g/mol. The van der Waals surface area contributed by atoms with Gasteiger partial charge in [-0.1, -0.05) is 26.0 Å². The maximum atomic E-state index is 12.6. The highest BCUT2D eigenvalue weighted by molar-refractivity contribution is 5.99. The van der Waals surface area contributed by atoms with Gasteiger partial charge in [0.15, 0.2) is 0 Å². The van der Waals surface area contributed by atoms with E-state index in [1.807, 2.05) is 38.1 Å². The summed E-state index contributed by atoms with van der Waals surface area (Å²) in [5.74, 6) is 0.593. The highest BCUT2D eigenvalue weighted by atomic mass is 16.5. The maximum absolute atomic E-state index is 12.6. The molecule has 158 valence electrons. The summed E-state index contributed by atoms with van der Waals surface area (Å²) in [4.78, 5) is 38.3. The van der Waals surface area contributed by atoms with Crippen molar-refractivity contribution in [2.75, 3.05) is 28.7 Å². The van der Waals surface area contributed by atoms with Gasteiger partial charge in [0, 0.05) is 30.6 Å². The fraction of sp³-hybridized carbons (Fsp3) is 0.348. The molecular formula is C23H27N3O4. The van der Waals surface area contributed by atoms with Crippen LogP contribution in [0, 0.1) is 5.92 Å². The Balaban J connectivity index is 1.48. The van der Waals surface area contributed by atoms with Gasteiger partial charge in [-0.25, -0.2) is 0 Å². The van der Waals surface area contributed by atoms with Crippen molar-refractivity contribution >= 4 is 34.8 Å². The van der Waals surface area contributed by atoms with Crippen molar-refractivity contribution in [1.82, 2.24) is 0 Å². The standard InChI is InChI=1S/C23H27N3O4/c1-16(2)15-22(28)25-18-9-7-17(8-10-18)24-21(27)11-12-23(29)26-13-14-30-20-6-4-3-5-19(20)26/h3-10,16H,11-15H2,1-2H3,(H,24,27)(H,25,28). The first kappa shape index (κ1) is 21.4. The molecule has 0 atom stereocenters. The first-order valence-corrected chi connectivity index (χ1v) is 10.1. The van der Waals surface area contributed by atoms with Gasteiger partial charge in [-0.05, 0) is 42.3 Å². The zero-order chi connectivity index (χ0) is 21.5. The van der Waals surface area contributed by atoms with Crippen LogP contribution in [0.2, 0.25) is 0 Å². The number of ether oxygens (including phenoxy) is 1. The number of hydrogen-bond donors (Lipinski definition) is 2. The Morgan fingerprint density at radius 1 is 0.933 bits per heavy atom. The summed E-state index contributed by atoms with van der Waals surface area (Å²) in [5.41, 5.74) is 2.04. The minimum absolute atomic E-state index is 0.0371. The molecule has 1 aliphatic rings. The number of nitrogens with zero attached hydrogens (tertiary/aromatic N) is 1. The summed E-state index contributed by atoms with van der Waals surface area (Å²) in [5, 5.41) is 5.61. The van der Waals surface area contributed by atoms with Gasteiger partial charge in [0.05, 0.1) is 12.2 Å². The van der Waals surface area contributed by atoms with Crippen molar-refractivity contribution in [3.8, 4) is 5.75 Å². The third kappa shape index (κ3) is 5.83. The minimum atomic E-state index is -0.235. The summed E-state index contributed by atoms with van der Waals surface area (Å²) in [6.07, 6.45) is 0.662. The van der Waals surface area contributed by atoms with Crippen LogP contribution in [0.4, 0.5) is 17.1 Å². The van der Waals surface area contributed by atoms with E-state index in [-0.39, 0.29) is 36.5 Å². The van der Waals surface area contributed by atoms with E-state index in [1.165, 1.54) is 0 Å². The molecule has 0 fully saturated rings. The smallest absolute Gasteiger partial charge is 0.227 e. The second kappa shape index (κ2) is 9.91. The van der Waals surface area contributed by atoms with E-state index >= 15 is 0 Å². The van der Waals surface area contributed by atoms with Crippen LogP contribution in [0.15, 0.2) is 48.5 Å². The van der Waals surface area contributed by atoms with E-state index in [1.54, 1.807) is 29.2 Å².